The molecule has 0 aliphatic rings. The number of nitriles is 4. The summed E-state index contributed by atoms with van der Waals surface area (Å²) in [7, 11) is 7.71. The molecule has 0 aliphatic heterocycles. The van der Waals surface area contributed by atoms with Crippen LogP contribution < -0.4 is 40.2 Å². The minimum absolute atomic E-state index is 0.370. The van der Waals surface area contributed by atoms with Crippen molar-refractivity contribution in [3.05, 3.63) is 351 Å². The summed E-state index contributed by atoms with van der Waals surface area (Å²) in [6.45, 7) is 17.9. The standard InChI is InChI=1S/C28H24N6O.2C27H21FN6O.C26H21N5OS/c1-17-13-22(21-9-11-30-19(3)15-21)14-18(2)26(17)35-27-25-24(10-12-34(25)4)32-28(33-27)31-23-7-5-20(16-29)6-8-23;1-16-12-20(19-8-10-30-23(28)14-19)13-17(2)25(16)35-26-24-22(9-11-34(24)3)32-27(33-26)31-21-6-4-18(15-29)5-7-21;1-16-12-19(21-8-10-30-15-22(21)28)13-17(2)25(16)35-26-24-23(9-11-34(24)3)32-27(33-26)31-20-6-4-18(14-29)5-7-20;1-16-12-20(19-9-11-33-15-19)13-17(2)24(16)32-25-23-22(8-10-31(23)3)29-26(30-25)28-21-6-4-18(14-27)5-7-21/h5-15H,1-4H3,(H,31,32,33);4-14H,1-3H3,(H,31,32,33);4-13,15H,1-3H3,(H,31,32,33);4-13,15H,1-3H3,(H,28,29,30). The van der Waals surface area contributed by atoms with Crippen molar-refractivity contribution in [3.8, 4) is 115 Å². The third kappa shape index (κ3) is 20.5. The second-order valence-corrected chi connectivity index (χ2v) is 33.7. The number of nitrogens with zero attached hydrogens (tertiary/aromatic N) is 19. The SMILES string of the molecule is Cc1cc(-c2cc(C)c(Oc3nc(Nc4ccc(C#N)cc4)nc4ccn(C)c34)c(C)c2)ccn1.Cc1cc(-c2ccnc(F)c2)cc(C)c1Oc1nc(Nc2ccc(C#N)cc2)nc2ccn(C)c12.Cc1cc(-c2ccncc2F)cc(C)c1Oc1nc(Nc2ccc(C#N)cc2)nc2ccn(C)c12.Cc1cc(-c2ccsc2)cc(C)c1Oc1nc(Nc2ccc(C#N)cc2)nc2ccn(C)c12. The molecule has 4 N–H and O–H groups in total. The van der Waals surface area contributed by atoms with Gasteiger partial charge < -0.3 is 58.5 Å². The van der Waals surface area contributed by atoms with E-state index in [1.165, 1.54) is 29.6 Å². The molecule has 12 heterocycles. The first-order valence-corrected chi connectivity index (χ1v) is 44.5. The molecule has 20 rings (SSSR count). The molecule has 0 bridgehead atoms. The number of pyridine rings is 3. The maximum absolute atomic E-state index is 14.3. The lowest BCUT2D eigenvalue weighted by atomic mass is 10.00. The van der Waals surface area contributed by atoms with E-state index in [1.54, 1.807) is 102 Å². The Morgan fingerprint density at radius 3 is 0.891 bits per heavy atom. The Bertz CT molecular complexity index is 7880. The molecule has 0 spiro atoms. The summed E-state index contributed by atoms with van der Waals surface area (Å²) in [5.41, 5.74) is 27.6. The number of aryl methyl sites for hydroxylation is 13. The minimum Gasteiger partial charge on any atom is -0.436 e. The lowest BCUT2D eigenvalue weighted by Gasteiger charge is -2.15. The van der Waals surface area contributed by atoms with Crippen LogP contribution in [0, 0.1) is 119 Å². The van der Waals surface area contributed by atoms with Gasteiger partial charge in [0, 0.05) is 112 Å². The van der Waals surface area contributed by atoms with Gasteiger partial charge in [-0.15, -0.1) is 0 Å². The number of anilines is 8. The molecule has 0 radical (unpaired) electrons. The Hall–Kier alpha value is -18.4. The third-order valence-electron chi connectivity index (χ3n) is 22.7. The maximum Gasteiger partial charge on any atom is 0.249 e. The van der Waals surface area contributed by atoms with Crippen LogP contribution in [-0.2, 0) is 28.2 Å². The van der Waals surface area contributed by atoms with Crippen LogP contribution in [0.15, 0.2) is 267 Å². The van der Waals surface area contributed by atoms with E-state index in [4.69, 9.17) is 50.0 Å². The summed E-state index contributed by atoms with van der Waals surface area (Å²) < 4.78 is 61.3. The summed E-state index contributed by atoms with van der Waals surface area (Å²) in [6.07, 6.45) is 13.7. The maximum atomic E-state index is 14.3. The molecular formula is C108H87F2N23O4S. The van der Waals surface area contributed by atoms with Gasteiger partial charge in [0.2, 0.25) is 53.3 Å². The van der Waals surface area contributed by atoms with Crippen molar-refractivity contribution in [2.45, 2.75) is 62.3 Å². The average molecular weight is 1840 g/mol. The van der Waals surface area contributed by atoms with E-state index in [0.29, 0.717) is 86.6 Å². The van der Waals surface area contributed by atoms with Gasteiger partial charge in [0.15, 0.2) is 0 Å². The summed E-state index contributed by atoms with van der Waals surface area (Å²) in [6, 6.07) is 71.8. The van der Waals surface area contributed by atoms with Gasteiger partial charge >= 0.3 is 0 Å². The van der Waals surface area contributed by atoms with Gasteiger partial charge in [0.05, 0.1) is 74.8 Å². The molecule has 27 nitrogen and oxygen atoms in total. The van der Waals surface area contributed by atoms with E-state index in [9.17, 15) is 8.78 Å². The van der Waals surface area contributed by atoms with Crippen LogP contribution in [0.1, 0.15) is 72.5 Å². The number of nitrogens with one attached hydrogen (secondary N) is 4. The molecule has 0 amide bonds. The topological polar surface area (TPSA) is 342 Å². The highest BCUT2D eigenvalue weighted by molar-refractivity contribution is 7.08. The van der Waals surface area contributed by atoms with E-state index in [-0.39, 0.29) is 5.82 Å². The van der Waals surface area contributed by atoms with E-state index in [0.717, 1.165) is 156 Å². The first-order valence-electron chi connectivity index (χ1n) is 43.5. The molecule has 8 aromatic carbocycles. The molecule has 138 heavy (non-hydrogen) atoms. The molecule has 30 heteroatoms. The van der Waals surface area contributed by atoms with Crippen LogP contribution in [-0.4, -0.2) is 73.1 Å². The molecule has 0 atom stereocenters. The Kier molecular flexibility index (Phi) is 26.5. The molecule has 678 valence electrons. The van der Waals surface area contributed by atoms with Crippen molar-refractivity contribution in [1.29, 1.82) is 21.0 Å². The quantitative estimate of drug-likeness (QED) is 0.0515. The number of hydrogen-bond acceptors (Lipinski definition) is 24. The van der Waals surface area contributed by atoms with Crippen LogP contribution in [0.5, 0.6) is 46.5 Å². The first-order chi connectivity index (χ1) is 66.7. The Balaban J connectivity index is 0.000000127. The van der Waals surface area contributed by atoms with Crippen molar-refractivity contribution >= 4 is 102 Å². The van der Waals surface area contributed by atoms with Crippen LogP contribution >= 0.6 is 11.3 Å². The zero-order valence-electron chi connectivity index (χ0n) is 77.2. The fraction of sp³-hybridized carbons (Fsp3) is 0.120. The number of benzene rings is 8. The van der Waals surface area contributed by atoms with Gasteiger partial charge in [0.25, 0.3) is 0 Å². The lowest BCUT2D eigenvalue weighted by Crippen LogP contribution is -2.02. The number of fused-ring (bicyclic) bond motifs is 4. The molecule has 0 saturated heterocycles. The first kappa shape index (κ1) is 91.5. The minimum atomic E-state index is -0.521. The summed E-state index contributed by atoms with van der Waals surface area (Å²) >= 11 is 1.69. The third-order valence-corrected chi connectivity index (χ3v) is 23.4. The number of hydrogen-bond donors (Lipinski definition) is 4. The van der Waals surface area contributed by atoms with E-state index in [2.05, 4.69) is 151 Å². The van der Waals surface area contributed by atoms with Crippen LogP contribution in [0.25, 0.3) is 88.6 Å². The average Bonchev–Trinajstić information content (AvgIpc) is 1.62. The summed E-state index contributed by atoms with van der Waals surface area (Å²) in [4.78, 5) is 49.0. The van der Waals surface area contributed by atoms with E-state index in [1.807, 2.05) is 205 Å². The largest absolute Gasteiger partial charge is 0.436 e. The highest BCUT2D eigenvalue weighted by Gasteiger charge is 2.24. The molecule has 0 fully saturated rings. The lowest BCUT2D eigenvalue weighted by molar-refractivity contribution is 0.459. The summed E-state index contributed by atoms with van der Waals surface area (Å²) in [5.74, 6) is 5.34. The monoisotopic (exact) mass is 1840 g/mol. The molecule has 12 aromatic heterocycles. The van der Waals surface area contributed by atoms with Gasteiger partial charge in [-0.1, -0.05) is 0 Å². The van der Waals surface area contributed by atoms with Gasteiger partial charge in [0.1, 0.15) is 50.9 Å². The van der Waals surface area contributed by atoms with Crippen molar-refractivity contribution in [2.75, 3.05) is 21.3 Å². The Morgan fingerprint density at radius 1 is 0.312 bits per heavy atom. The van der Waals surface area contributed by atoms with E-state index >= 15 is 0 Å². The number of aromatic nitrogens is 15. The molecule has 0 aliphatic carbocycles. The fourth-order valence-electron chi connectivity index (χ4n) is 16.0. The molecule has 20 aromatic rings. The Morgan fingerprint density at radius 2 is 0.609 bits per heavy atom. The van der Waals surface area contributed by atoms with Crippen molar-refractivity contribution in [3.63, 3.8) is 0 Å². The van der Waals surface area contributed by atoms with Crippen molar-refractivity contribution in [1.82, 2.24) is 73.1 Å². The van der Waals surface area contributed by atoms with Crippen LogP contribution in [0.4, 0.5) is 55.3 Å². The van der Waals surface area contributed by atoms with Gasteiger partial charge in [-0.05, 0) is 357 Å². The molecule has 0 saturated carbocycles. The zero-order valence-corrected chi connectivity index (χ0v) is 78.0. The summed E-state index contributed by atoms with van der Waals surface area (Å²) in [5, 5.41) is 53.1. The van der Waals surface area contributed by atoms with Crippen molar-refractivity contribution in [2.24, 2.45) is 28.2 Å². The predicted molar refractivity (Wildman–Crippen MR) is 533 cm³/mol. The van der Waals surface area contributed by atoms with Gasteiger partial charge in [-0.3, -0.25) is 9.97 Å². The number of thiophene rings is 1. The normalized spacial score (nSPS) is 10.8. The molecule has 0 unspecified atom stereocenters. The van der Waals surface area contributed by atoms with E-state index < -0.39 is 5.95 Å². The zero-order chi connectivity index (χ0) is 96.5. The van der Waals surface area contributed by atoms with Gasteiger partial charge in [-0.25, -0.2) is 29.3 Å². The smallest absolute Gasteiger partial charge is 0.249 e. The fourth-order valence-corrected chi connectivity index (χ4v) is 16.7. The van der Waals surface area contributed by atoms with Crippen molar-refractivity contribution < 1.29 is 27.7 Å². The van der Waals surface area contributed by atoms with Crippen LogP contribution in [0.3, 0.4) is 0 Å². The second kappa shape index (κ2) is 40.0. The Labute approximate surface area is 797 Å². The number of halogens is 2. The van der Waals surface area contributed by atoms with Crippen LogP contribution in [0.2, 0.25) is 0 Å². The number of ether oxygens (including phenoxy) is 4. The van der Waals surface area contributed by atoms with Gasteiger partial charge in [-0.2, -0.15) is 56.7 Å². The predicted octanol–water partition coefficient (Wildman–Crippen LogP) is 25.5. The second-order valence-electron chi connectivity index (χ2n) is 32.9. The number of rotatable bonds is 20. The molecular weight excluding hydrogens is 1750 g/mol. The highest BCUT2D eigenvalue weighted by atomic mass is 32.1. The highest BCUT2D eigenvalue weighted by Crippen LogP contribution is 2.43.